The van der Waals surface area contributed by atoms with Crippen LogP contribution < -0.4 is 10.6 Å². The van der Waals surface area contributed by atoms with Gasteiger partial charge in [0.1, 0.15) is 12.1 Å². The number of benzene rings is 1. The second kappa shape index (κ2) is 20.6. The highest BCUT2D eigenvalue weighted by Gasteiger charge is 2.32. The Morgan fingerprint density at radius 1 is 1.10 bits per heavy atom. The van der Waals surface area contributed by atoms with Gasteiger partial charge in [0.25, 0.3) is 0 Å². The molecule has 1 aromatic rings. The molecule has 1 heterocycles. The maximum absolute atomic E-state index is 13.2. The number of amides is 2. The van der Waals surface area contributed by atoms with Crippen LogP contribution in [0.25, 0.3) is 0 Å². The summed E-state index contributed by atoms with van der Waals surface area (Å²) in [6, 6.07) is 5.48. The van der Waals surface area contributed by atoms with Crippen molar-refractivity contribution >= 4 is 55.2 Å². The summed E-state index contributed by atoms with van der Waals surface area (Å²) in [7, 11) is -2.33. The lowest BCUT2D eigenvalue weighted by Crippen LogP contribution is -2.52. The van der Waals surface area contributed by atoms with Crippen LogP contribution in [0.1, 0.15) is 67.7 Å². The molecule has 1 aliphatic rings. The fourth-order valence-corrected chi connectivity index (χ4v) is 6.49. The normalized spacial score (nSPS) is 18.7. The fourth-order valence-electron chi connectivity index (χ4n) is 4.94. The van der Waals surface area contributed by atoms with E-state index in [9.17, 15) is 22.8 Å². The van der Waals surface area contributed by atoms with Gasteiger partial charge in [-0.25, -0.2) is 13.2 Å². The van der Waals surface area contributed by atoms with E-state index in [0.29, 0.717) is 17.9 Å². The summed E-state index contributed by atoms with van der Waals surface area (Å²) in [6.07, 6.45) is 15.4. The standard InChI is InChI=1S/C38H50BrClN2O8S/c1-25(24-26(2)32-21-22-33(48-8)37(45)50-32)12-9-10-14-34(43)42-35(38(5,6)7)36(44)41-23-11-13-30(18-15-27(3)40)49-28(4)51(46,47)31-19-16-29(39)17-20-31/h9-12,14-17,19-20,22-24,26,28,30,32,35H,13,18,21H2,1-8H3,(H,41,44)(H,42,43)/b12-9-,14-10-,23-11-,25-24+,27-15+/t26-,28?,30+,32-,35+/m0/s1. The largest absolute Gasteiger partial charge is 0.490 e. The number of nitrogens with one attached hydrogen (secondary N) is 2. The summed E-state index contributed by atoms with van der Waals surface area (Å²) < 4.78 is 43.4. The van der Waals surface area contributed by atoms with Gasteiger partial charge in [-0.1, -0.05) is 97.3 Å². The Bertz CT molecular complexity index is 1650. The maximum atomic E-state index is 13.2. The van der Waals surface area contributed by atoms with Gasteiger partial charge in [0.05, 0.1) is 18.1 Å². The Kier molecular flexibility index (Phi) is 17.6. The predicted octanol–water partition coefficient (Wildman–Crippen LogP) is 7.58. The number of halogens is 2. The molecule has 2 amide bonds. The summed E-state index contributed by atoms with van der Waals surface area (Å²) in [5, 5.41) is 6.04. The molecule has 0 bridgehead atoms. The predicted molar refractivity (Wildman–Crippen MR) is 204 cm³/mol. The van der Waals surface area contributed by atoms with E-state index in [4.69, 9.17) is 25.8 Å². The Balaban J connectivity index is 1.99. The molecule has 280 valence electrons. The Morgan fingerprint density at radius 3 is 2.33 bits per heavy atom. The summed E-state index contributed by atoms with van der Waals surface area (Å²) in [6.45, 7) is 12.6. The molecule has 1 aliphatic heterocycles. The third kappa shape index (κ3) is 15.0. The lowest BCUT2D eigenvalue weighted by molar-refractivity contribution is -0.151. The average Bonchev–Trinajstić information content (AvgIpc) is 3.05. The Morgan fingerprint density at radius 2 is 1.75 bits per heavy atom. The number of rotatable bonds is 17. The Labute approximate surface area is 316 Å². The van der Waals surface area contributed by atoms with Gasteiger partial charge >= 0.3 is 5.97 Å². The average molecular weight is 810 g/mol. The smallest absolute Gasteiger partial charge is 0.373 e. The summed E-state index contributed by atoms with van der Waals surface area (Å²) in [5.74, 6) is -1.16. The zero-order valence-electron chi connectivity index (χ0n) is 30.4. The molecule has 0 spiro atoms. The van der Waals surface area contributed by atoms with Gasteiger partial charge in [0.15, 0.2) is 11.2 Å². The molecule has 1 unspecified atom stereocenters. The first-order valence-corrected chi connectivity index (χ1v) is 19.3. The van der Waals surface area contributed by atoms with E-state index >= 15 is 0 Å². The van der Waals surface area contributed by atoms with Crippen LogP contribution in [0, 0.1) is 11.3 Å². The molecule has 2 rings (SSSR count). The van der Waals surface area contributed by atoms with Gasteiger partial charge in [-0.05, 0) is 75.6 Å². The minimum Gasteiger partial charge on any atom is -0.490 e. The summed E-state index contributed by atoms with van der Waals surface area (Å²) in [5.41, 5.74) is -0.820. The van der Waals surface area contributed by atoms with Crippen LogP contribution in [-0.4, -0.2) is 57.0 Å². The van der Waals surface area contributed by atoms with Crippen LogP contribution in [-0.2, 0) is 38.4 Å². The van der Waals surface area contributed by atoms with E-state index < -0.39 is 50.6 Å². The van der Waals surface area contributed by atoms with E-state index in [-0.39, 0.29) is 29.1 Å². The number of hydrogen-bond donors (Lipinski definition) is 2. The molecule has 13 heteroatoms. The number of cyclic esters (lactones) is 1. The lowest BCUT2D eigenvalue weighted by atomic mass is 9.86. The quantitative estimate of drug-likeness (QED) is 0.0935. The van der Waals surface area contributed by atoms with Crippen LogP contribution in [0.15, 0.2) is 105 Å². The van der Waals surface area contributed by atoms with Crippen LogP contribution in [0.3, 0.4) is 0 Å². The summed E-state index contributed by atoms with van der Waals surface area (Å²) in [4.78, 5) is 38.1. The second-order valence-corrected chi connectivity index (χ2v) is 17.0. The van der Waals surface area contributed by atoms with E-state index in [0.717, 1.165) is 10.0 Å². The van der Waals surface area contributed by atoms with Crippen LogP contribution in [0.4, 0.5) is 0 Å². The first-order chi connectivity index (χ1) is 23.8. The van der Waals surface area contributed by atoms with Crippen molar-refractivity contribution in [3.05, 3.63) is 99.9 Å². The number of allylic oxidation sites excluding steroid dienone is 5. The molecular formula is C38H50BrClN2O8S. The molecule has 0 aliphatic carbocycles. The maximum Gasteiger partial charge on any atom is 0.373 e. The van der Waals surface area contributed by atoms with Crippen LogP contribution >= 0.6 is 27.5 Å². The zero-order valence-corrected chi connectivity index (χ0v) is 33.6. The first kappa shape index (κ1) is 43.7. The summed E-state index contributed by atoms with van der Waals surface area (Å²) >= 11 is 9.35. The molecule has 0 saturated carbocycles. The van der Waals surface area contributed by atoms with E-state index in [1.807, 2.05) is 46.8 Å². The topological polar surface area (TPSA) is 137 Å². The van der Waals surface area contributed by atoms with Crippen molar-refractivity contribution in [2.45, 2.75) is 96.3 Å². The number of esters is 1. The van der Waals surface area contributed by atoms with Gasteiger partial charge in [-0.2, -0.15) is 0 Å². The number of carbonyl (C=O) groups excluding carboxylic acids is 3. The fraction of sp³-hybridized carbons (Fsp3) is 0.447. The minimum atomic E-state index is -3.76. The van der Waals surface area contributed by atoms with Crippen molar-refractivity contribution in [1.82, 2.24) is 10.6 Å². The molecule has 51 heavy (non-hydrogen) atoms. The SMILES string of the molecule is COC1=CC[C@@H]([C@@H](C)/C=C(C)/C=C\C=C/C(=O)N[C@H](C(=O)N/C=C\C[C@H](C/C=C(\C)Cl)OC(C)S(=O)(=O)c2ccc(Br)cc2)C(C)(C)C)OC1=O. The highest BCUT2D eigenvalue weighted by molar-refractivity contribution is 9.10. The second-order valence-electron chi connectivity index (χ2n) is 13.2. The van der Waals surface area contributed by atoms with Crippen LogP contribution in [0.2, 0.25) is 0 Å². The first-order valence-electron chi connectivity index (χ1n) is 16.6. The zero-order chi connectivity index (χ0) is 38.4. The number of methoxy groups -OCH3 is 1. The van der Waals surface area contributed by atoms with E-state index in [1.54, 1.807) is 49.4 Å². The molecule has 1 aromatic carbocycles. The number of carbonyl (C=O) groups is 3. The molecule has 10 nitrogen and oxygen atoms in total. The molecule has 2 N–H and O–H groups in total. The highest BCUT2D eigenvalue weighted by atomic mass is 79.9. The molecule has 0 saturated heterocycles. The minimum absolute atomic E-state index is 0.0342. The molecule has 0 radical (unpaired) electrons. The van der Waals surface area contributed by atoms with Crippen molar-refractivity contribution in [2.75, 3.05) is 7.11 Å². The highest BCUT2D eigenvalue weighted by Crippen LogP contribution is 2.24. The number of sulfone groups is 1. The van der Waals surface area contributed by atoms with Crippen molar-refractivity contribution in [2.24, 2.45) is 11.3 Å². The van der Waals surface area contributed by atoms with Gasteiger partial charge in [0, 0.05) is 27.9 Å². The number of hydrogen-bond acceptors (Lipinski definition) is 8. The van der Waals surface area contributed by atoms with Gasteiger partial charge < -0.3 is 24.8 Å². The molecular weight excluding hydrogens is 760 g/mol. The van der Waals surface area contributed by atoms with Crippen molar-refractivity contribution in [1.29, 1.82) is 0 Å². The van der Waals surface area contributed by atoms with Crippen molar-refractivity contribution in [3.63, 3.8) is 0 Å². The van der Waals surface area contributed by atoms with E-state index in [1.165, 1.54) is 38.4 Å². The Hall–Kier alpha value is -3.45. The van der Waals surface area contributed by atoms with E-state index in [2.05, 4.69) is 26.6 Å². The lowest BCUT2D eigenvalue weighted by Gasteiger charge is -2.29. The van der Waals surface area contributed by atoms with Gasteiger partial charge in [-0.15, -0.1) is 0 Å². The van der Waals surface area contributed by atoms with Crippen molar-refractivity contribution in [3.8, 4) is 0 Å². The van der Waals surface area contributed by atoms with Gasteiger partial charge in [0.2, 0.25) is 21.7 Å². The monoisotopic (exact) mass is 808 g/mol. The molecule has 0 aromatic heterocycles. The van der Waals surface area contributed by atoms with Crippen molar-refractivity contribution < 1.29 is 37.0 Å². The van der Waals surface area contributed by atoms with Gasteiger partial charge in [-0.3, -0.25) is 9.59 Å². The third-order valence-corrected chi connectivity index (χ3v) is 10.4. The molecule has 5 atom stereocenters. The van der Waals surface area contributed by atoms with Crippen LogP contribution in [0.5, 0.6) is 0 Å². The number of ether oxygens (including phenoxy) is 3. The molecule has 0 fully saturated rings. The third-order valence-electron chi connectivity index (χ3n) is 7.83.